The monoisotopic (exact) mass is 440 g/mol. The van der Waals surface area contributed by atoms with E-state index < -0.39 is 11.6 Å². The van der Waals surface area contributed by atoms with Gasteiger partial charge in [0, 0.05) is 30.2 Å². The first-order chi connectivity index (χ1) is 14.8. The van der Waals surface area contributed by atoms with Gasteiger partial charge < -0.3 is 10.0 Å². The van der Waals surface area contributed by atoms with Crippen molar-refractivity contribution in [3.05, 3.63) is 30.0 Å². The van der Waals surface area contributed by atoms with Gasteiger partial charge in [0.15, 0.2) is 0 Å². The van der Waals surface area contributed by atoms with Crippen LogP contribution in [0.25, 0.3) is 10.9 Å². The van der Waals surface area contributed by atoms with Crippen LogP contribution in [0.3, 0.4) is 0 Å². The molecule has 0 bridgehead atoms. The van der Waals surface area contributed by atoms with Gasteiger partial charge in [0.25, 0.3) is 0 Å². The standard InChI is InChI=1S/C26H40N4O2/c1-18-10-12-26(24(2,3)4,29(16-18)23(31)32)20-8-9-22-19(14-20)17-30(27-22)21-11-13-28(7)25(5,6)15-21/h8-9,14,17-18,21H,10-13,15-16H2,1-7H3,(H,31,32)/t18-,21?,26-/m0/s1. The second-order valence-electron chi connectivity index (χ2n) is 11.9. The topological polar surface area (TPSA) is 61.6 Å². The molecule has 176 valence electrons. The third kappa shape index (κ3) is 3.70. The van der Waals surface area contributed by atoms with Crippen LogP contribution in [0.15, 0.2) is 24.4 Å². The number of benzene rings is 1. The summed E-state index contributed by atoms with van der Waals surface area (Å²) in [7, 11) is 2.20. The van der Waals surface area contributed by atoms with Crippen LogP contribution in [0.4, 0.5) is 4.79 Å². The van der Waals surface area contributed by atoms with E-state index in [4.69, 9.17) is 5.10 Å². The maximum Gasteiger partial charge on any atom is 0.408 e. The molecule has 2 fully saturated rings. The molecule has 1 unspecified atom stereocenters. The minimum absolute atomic E-state index is 0.156. The fourth-order valence-corrected chi connectivity index (χ4v) is 6.10. The molecule has 3 heterocycles. The number of aromatic nitrogens is 2. The van der Waals surface area contributed by atoms with E-state index >= 15 is 0 Å². The number of rotatable bonds is 2. The van der Waals surface area contributed by atoms with Crippen molar-refractivity contribution in [1.29, 1.82) is 0 Å². The Bertz CT molecular complexity index is 1000. The highest BCUT2D eigenvalue weighted by molar-refractivity contribution is 5.79. The van der Waals surface area contributed by atoms with Crippen molar-refractivity contribution in [3.63, 3.8) is 0 Å². The fraction of sp³-hybridized carbons (Fsp3) is 0.692. The SMILES string of the molecule is C[C@H]1CC[C@](c2ccc3nn(C4CCN(C)C(C)(C)C4)cc3c2)(C(C)(C)C)N(C(=O)O)C1. The van der Waals surface area contributed by atoms with Crippen LogP contribution in [0.2, 0.25) is 0 Å². The molecule has 0 saturated carbocycles. The van der Waals surface area contributed by atoms with E-state index in [0.29, 0.717) is 18.5 Å². The molecule has 2 aromatic rings. The zero-order chi connectivity index (χ0) is 23.5. The number of piperidine rings is 2. The maximum atomic E-state index is 12.4. The number of carboxylic acid groups (broad SMARTS) is 1. The number of hydrogen-bond acceptors (Lipinski definition) is 3. The van der Waals surface area contributed by atoms with Gasteiger partial charge in [-0.15, -0.1) is 0 Å². The molecular formula is C26H40N4O2. The average Bonchev–Trinajstić information content (AvgIpc) is 3.12. The molecule has 0 spiro atoms. The van der Waals surface area contributed by atoms with E-state index in [1.807, 2.05) is 0 Å². The second-order valence-corrected chi connectivity index (χ2v) is 11.9. The minimum atomic E-state index is -0.823. The molecule has 3 atom stereocenters. The van der Waals surface area contributed by atoms with E-state index in [-0.39, 0.29) is 11.0 Å². The van der Waals surface area contributed by atoms with Gasteiger partial charge in [-0.2, -0.15) is 5.10 Å². The summed E-state index contributed by atoms with van der Waals surface area (Å²) in [5.74, 6) is 0.376. The van der Waals surface area contributed by atoms with Crippen LogP contribution in [-0.2, 0) is 5.54 Å². The summed E-state index contributed by atoms with van der Waals surface area (Å²) in [5.41, 5.74) is 1.46. The first-order valence-electron chi connectivity index (χ1n) is 12.1. The Kier molecular flexibility index (Phi) is 5.60. The average molecular weight is 441 g/mol. The summed E-state index contributed by atoms with van der Waals surface area (Å²) in [6, 6.07) is 6.80. The molecule has 2 saturated heterocycles. The second kappa shape index (κ2) is 7.75. The summed E-state index contributed by atoms with van der Waals surface area (Å²) in [6.07, 6.45) is 5.39. The molecule has 1 aromatic carbocycles. The Morgan fingerprint density at radius 1 is 1.22 bits per heavy atom. The van der Waals surface area contributed by atoms with Crippen LogP contribution < -0.4 is 0 Å². The molecular weight excluding hydrogens is 400 g/mol. The van der Waals surface area contributed by atoms with Crippen LogP contribution in [-0.4, -0.2) is 56.5 Å². The van der Waals surface area contributed by atoms with Gasteiger partial charge in [0.05, 0.1) is 17.1 Å². The lowest BCUT2D eigenvalue weighted by molar-refractivity contribution is -0.0432. The first kappa shape index (κ1) is 23.1. The number of hydrogen-bond donors (Lipinski definition) is 1. The molecule has 0 aliphatic carbocycles. The van der Waals surface area contributed by atoms with Gasteiger partial charge >= 0.3 is 6.09 Å². The number of nitrogens with zero attached hydrogens (tertiary/aromatic N) is 4. The minimum Gasteiger partial charge on any atom is -0.465 e. The normalized spacial score (nSPS) is 29.4. The summed E-state index contributed by atoms with van der Waals surface area (Å²) in [6.45, 7) is 14.9. The molecule has 4 rings (SSSR count). The van der Waals surface area contributed by atoms with Crippen molar-refractivity contribution in [2.24, 2.45) is 11.3 Å². The van der Waals surface area contributed by atoms with Crippen LogP contribution in [0.1, 0.15) is 78.8 Å². The summed E-state index contributed by atoms with van der Waals surface area (Å²) in [5, 5.41) is 16.2. The van der Waals surface area contributed by atoms with Crippen LogP contribution >= 0.6 is 0 Å². The van der Waals surface area contributed by atoms with Gasteiger partial charge in [0.1, 0.15) is 0 Å². The van der Waals surface area contributed by atoms with Crippen molar-refractivity contribution in [2.75, 3.05) is 20.1 Å². The Morgan fingerprint density at radius 2 is 1.94 bits per heavy atom. The Morgan fingerprint density at radius 3 is 2.56 bits per heavy atom. The number of fused-ring (bicyclic) bond motifs is 1. The zero-order valence-corrected chi connectivity index (χ0v) is 20.9. The molecule has 1 aromatic heterocycles. The summed E-state index contributed by atoms with van der Waals surface area (Å²) in [4.78, 5) is 16.6. The van der Waals surface area contributed by atoms with E-state index in [9.17, 15) is 9.90 Å². The predicted molar refractivity (Wildman–Crippen MR) is 129 cm³/mol. The van der Waals surface area contributed by atoms with Crippen molar-refractivity contribution >= 4 is 17.0 Å². The largest absolute Gasteiger partial charge is 0.465 e. The molecule has 2 aliphatic heterocycles. The molecule has 6 heteroatoms. The highest BCUT2D eigenvalue weighted by Crippen LogP contribution is 2.51. The van der Waals surface area contributed by atoms with Crippen molar-refractivity contribution in [3.8, 4) is 0 Å². The quantitative estimate of drug-likeness (QED) is 0.647. The highest BCUT2D eigenvalue weighted by atomic mass is 16.4. The maximum absolute atomic E-state index is 12.4. The first-order valence-corrected chi connectivity index (χ1v) is 12.1. The van der Waals surface area contributed by atoms with Gasteiger partial charge in [-0.3, -0.25) is 9.58 Å². The van der Waals surface area contributed by atoms with E-state index in [0.717, 1.165) is 48.7 Å². The molecule has 32 heavy (non-hydrogen) atoms. The lowest BCUT2D eigenvalue weighted by atomic mass is 9.63. The van der Waals surface area contributed by atoms with Gasteiger partial charge in [-0.1, -0.05) is 33.8 Å². The Hall–Kier alpha value is -2.08. The molecule has 2 aliphatic rings. The molecule has 1 N–H and O–H groups in total. The van der Waals surface area contributed by atoms with Crippen molar-refractivity contribution in [1.82, 2.24) is 19.6 Å². The van der Waals surface area contributed by atoms with Crippen LogP contribution in [0, 0.1) is 11.3 Å². The van der Waals surface area contributed by atoms with Gasteiger partial charge in [0.2, 0.25) is 0 Å². The lowest BCUT2D eigenvalue weighted by Gasteiger charge is -2.55. The predicted octanol–water partition coefficient (Wildman–Crippen LogP) is 5.73. The molecule has 1 amide bonds. The molecule has 0 radical (unpaired) electrons. The Labute approximate surface area is 192 Å². The van der Waals surface area contributed by atoms with E-state index in [1.165, 1.54) is 0 Å². The summed E-state index contributed by atoms with van der Waals surface area (Å²) < 4.78 is 2.16. The van der Waals surface area contributed by atoms with E-state index in [2.05, 4.69) is 82.6 Å². The smallest absolute Gasteiger partial charge is 0.408 e. The summed E-state index contributed by atoms with van der Waals surface area (Å²) >= 11 is 0. The van der Waals surface area contributed by atoms with Gasteiger partial charge in [-0.25, -0.2) is 4.79 Å². The van der Waals surface area contributed by atoms with Crippen molar-refractivity contribution < 1.29 is 9.90 Å². The van der Waals surface area contributed by atoms with E-state index in [1.54, 1.807) is 4.90 Å². The van der Waals surface area contributed by atoms with Crippen LogP contribution in [0.5, 0.6) is 0 Å². The Balaban J connectivity index is 1.76. The highest BCUT2D eigenvalue weighted by Gasteiger charge is 2.52. The van der Waals surface area contributed by atoms with Crippen molar-refractivity contribution in [2.45, 2.75) is 84.3 Å². The number of likely N-dealkylation sites (tertiary alicyclic amines) is 2. The molecule has 6 nitrogen and oxygen atoms in total. The fourth-order valence-electron chi connectivity index (χ4n) is 6.10. The third-order valence-corrected chi connectivity index (χ3v) is 8.37. The third-order valence-electron chi connectivity index (χ3n) is 8.37. The van der Waals surface area contributed by atoms with Gasteiger partial charge in [-0.05, 0) is 75.6 Å². The number of carbonyl (C=O) groups is 1. The lowest BCUT2D eigenvalue weighted by Crippen LogP contribution is -2.60. The number of amides is 1. The zero-order valence-electron chi connectivity index (χ0n) is 20.9.